The Morgan fingerprint density at radius 3 is 2.20 bits per heavy atom. The molecule has 44 heavy (non-hydrogen) atoms. The van der Waals surface area contributed by atoms with E-state index in [1.807, 2.05) is 30.1 Å². The van der Waals surface area contributed by atoms with E-state index >= 15 is 0 Å². The number of esters is 1. The highest BCUT2D eigenvalue weighted by molar-refractivity contribution is 6.52. The Hall–Kier alpha value is -3.67. The van der Waals surface area contributed by atoms with Crippen LogP contribution in [-0.4, -0.2) is 102 Å². The molecule has 10 heteroatoms. The fourth-order valence-corrected chi connectivity index (χ4v) is 5.58. The van der Waals surface area contributed by atoms with E-state index in [1.165, 1.54) is 11.6 Å². The van der Waals surface area contributed by atoms with Gasteiger partial charge >= 0.3 is 5.97 Å². The second kappa shape index (κ2) is 14.9. The first-order valence-corrected chi connectivity index (χ1v) is 15.1. The van der Waals surface area contributed by atoms with Crippen molar-refractivity contribution in [2.24, 2.45) is 4.99 Å². The molecule has 0 bridgehead atoms. The standard InChI is InChI=1S/C34H41N3O7/c1-34(2)28-6-4-5-7-29(28)36(3)31(34)23-35-33-27-22-26(10-8-25(27)9-11-30(33)38)44-32(39)24-37-12-14-40-16-18-42-20-21-43-19-17-41-15-13-37/h4-11,22-23H,12-21,24H2,1-3H3/b31-23+,35-33?. The van der Waals surface area contributed by atoms with Crippen LogP contribution in [0, 0.1) is 0 Å². The van der Waals surface area contributed by atoms with Gasteiger partial charge in [-0.15, -0.1) is 0 Å². The van der Waals surface area contributed by atoms with E-state index in [0.717, 1.165) is 16.9 Å². The molecule has 0 spiro atoms. The summed E-state index contributed by atoms with van der Waals surface area (Å²) in [5, 5.41) is 0. The van der Waals surface area contributed by atoms with Crippen molar-refractivity contribution in [1.29, 1.82) is 0 Å². The first kappa shape index (κ1) is 31.7. The molecule has 0 unspecified atom stereocenters. The number of nitrogens with zero attached hydrogens (tertiary/aromatic N) is 3. The number of benzene rings is 2. The molecular formula is C34H41N3O7. The van der Waals surface area contributed by atoms with Crippen molar-refractivity contribution in [3.8, 4) is 5.75 Å². The van der Waals surface area contributed by atoms with Crippen molar-refractivity contribution in [3.05, 3.63) is 77.1 Å². The predicted octanol–water partition coefficient (Wildman–Crippen LogP) is 3.63. The third-order valence-electron chi connectivity index (χ3n) is 7.99. The number of ether oxygens (including phenoxy) is 5. The number of likely N-dealkylation sites (N-methyl/N-ethyl adjacent to an activating group) is 1. The van der Waals surface area contributed by atoms with Gasteiger partial charge in [-0.25, -0.2) is 0 Å². The van der Waals surface area contributed by atoms with Crippen LogP contribution in [0.3, 0.4) is 0 Å². The van der Waals surface area contributed by atoms with E-state index in [9.17, 15) is 9.59 Å². The Bertz CT molecular complexity index is 1420. The summed E-state index contributed by atoms with van der Waals surface area (Å²) < 4.78 is 28.0. The first-order chi connectivity index (χ1) is 21.3. The van der Waals surface area contributed by atoms with Gasteiger partial charge in [-0.2, -0.15) is 0 Å². The molecule has 1 fully saturated rings. The molecule has 5 rings (SSSR count). The predicted molar refractivity (Wildman–Crippen MR) is 168 cm³/mol. The third-order valence-corrected chi connectivity index (χ3v) is 7.99. The number of para-hydroxylation sites is 1. The summed E-state index contributed by atoms with van der Waals surface area (Å²) in [6, 6.07) is 13.5. The quantitative estimate of drug-likeness (QED) is 0.383. The summed E-state index contributed by atoms with van der Waals surface area (Å²) >= 11 is 0. The van der Waals surface area contributed by atoms with Crippen LogP contribution in [0.15, 0.2) is 65.4 Å². The minimum Gasteiger partial charge on any atom is -0.426 e. The average Bonchev–Trinajstić information content (AvgIpc) is 3.19. The zero-order chi connectivity index (χ0) is 30.9. The fraction of sp³-hybridized carbons (Fsp3) is 0.441. The second-order valence-electron chi connectivity index (χ2n) is 11.3. The average molecular weight is 604 g/mol. The van der Waals surface area contributed by atoms with E-state index in [2.05, 4.69) is 30.9 Å². The van der Waals surface area contributed by atoms with Gasteiger partial charge in [0, 0.05) is 48.7 Å². The highest BCUT2D eigenvalue weighted by Gasteiger charge is 2.38. The maximum absolute atomic E-state index is 13.0. The molecule has 2 heterocycles. The van der Waals surface area contributed by atoms with Gasteiger partial charge in [0.2, 0.25) is 5.78 Å². The minimum atomic E-state index is -0.417. The molecule has 2 aliphatic heterocycles. The van der Waals surface area contributed by atoms with E-state index in [-0.39, 0.29) is 17.7 Å². The zero-order valence-electron chi connectivity index (χ0n) is 25.8. The van der Waals surface area contributed by atoms with Gasteiger partial charge in [0.15, 0.2) is 0 Å². The molecule has 0 radical (unpaired) electrons. The largest absolute Gasteiger partial charge is 0.426 e. The number of carbonyl (C=O) groups is 2. The Labute approximate surface area is 258 Å². The molecule has 0 amide bonds. The summed E-state index contributed by atoms with van der Waals surface area (Å²) in [7, 11) is 2.01. The molecule has 1 saturated heterocycles. The van der Waals surface area contributed by atoms with Gasteiger partial charge in [-0.05, 0) is 35.4 Å². The Balaban J connectivity index is 1.28. The van der Waals surface area contributed by atoms with Gasteiger partial charge in [-0.1, -0.05) is 44.2 Å². The zero-order valence-corrected chi connectivity index (χ0v) is 25.8. The first-order valence-electron chi connectivity index (χ1n) is 15.1. The molecule has 0 atom stereocenters. The van der Waals surface area contributed by atoms with Crippen LogP contribution in [0.5, 0.6) is 5.75 Å². The molecular weight excluding hydrogens is 562 g/mol. The topological polar surface area (TPSA) is 99.1 Å². The van der Waals surface area contributed by atoms with Crippen molar-refractivity contribution in [2.75, 3.05) is 84.4 Å². The number of hydrogen-bond acceptors (Lipinski definition) is 10. The van der Waals surface area contributed by atoms with Gasteiger partial charge in [0.1, 0.15) is 11.5 Å². The highest BCUT2D eigenvalue weighted by Crippen LogP contribution is 2.46. The van der Waals surface area contributed by atoms with Crippen LogP contribution >= 0.6 is 0 Å². The van der Waals surface area contributed by atoms with Crippen molar-refractivity contribution in [1.82, 2.24) is 4.90 Å². The molecule has 3 aliphatic rings. The molecule has 0 aromatic heterocycles. The summed E-state index contributed by atoms with van der Waals surface area (Å²) in [6.45, 7) is 9.30. The van der Waals surface area contributed by atoms with Crippen LogP contribution in [0.25, 0.3) is 6.08 Å². The highest BCUT2D eigenvalue weighted by atomic mass is 16.6. The molecule has 234 valence electrons. The summed E-state index contributed by atoms with van der Waals surface area (Å²) in [5.41, 5.74) is 4.79. The van der Waals surface area contributed by atoms with Crippen molar-refractivity contribution in [2.45, 2.75) is 19.3 Å². The number of ketones is 1. The molecule has 0 saturated carbocycles. The lowest BCUT2D eigenvalue weighted by atomic mass is 9.84. The number of hydrogen-bond donors (Lipinski definition) is 0. The summed E-state index contributed by atoms with van der Waals surface area (Å²) in [5.74, 6) is -0.269. The van der Waals surface area contributed by atoms with E-state index in [0.29, 0.717) is 83.0 Å². The van der Waals surface area contributed by atoms with Crippen LogP contribution in [0.4, 0.5) is 5.69 Å². The van der Waals surface area contributed by atoms with Crippen LogP contribution in [-0.2, 0) is 34.0 Å². The molecule has 2 aromatic rings. The summed E-state index contributed by atoms with van der Waals surface area (Å²) in [6.07, 6.45) is 5.06. The maximum Gasteiger partial charge on any atom is 0.325 e. The molecule has 1 aliphatic carbocycles. The van der Waals surface area contributed by atoms with Crippen LogP contribution in [0.2, 0.25) is 0 Å². The van der Waals surface area contributed by atoms with E-state index < -0.39 is 5.97 Å². The third kappa shape index (κ3) is 7.69. The van der Waals surface area contributed by atoms with Gasteiger partial charge in [0.25, 0.3) is 0 Å². The van der Waals surface area contributed by atoms with Crippen LogP contribution in [0.1, 0.15) is 30.5 Å². The van der Waals surface area contributed by atoms with Crippen molar-refractivity contribution in [3.63, 3.8) is 0 Å². The SMILES string of the molecule is CN1/C(=C/N=C2C(=O)C=Cc3ccc(OC(=O)CN4CCOCCOCCOCCOCC4)cc32)C(C)(C)c2ccccc21. The lowest BCUT2D eigenvalue weighted by Gasteiger charge is -2.23. The minimum absolute atomic E-state index is 0.0602. The lowest BCUT2D eigenvalue weighted by molar-refractivity contribution is -0.136. The van der Waals surface area contributed by atoms with Gasteiger partial charge in [0.05, 0.1) is 59.4 Å². The Kier molecular flexibility index (Phi) is 10.7. The number of fused-ring (bicyclic) bond motifs is 2. The van der Waals surface area contributed by atoms with Gasteiger partial charge < -0.3 is 28.6 Å². The smallest absolute Gasteiger partial charge is 0.325 e. The molecule has 10 nitrogen and oxygen atoms in total. The van der Waals surface area contributed by atoms with Crippen LogP contribution < -0.4 is 9.64 Å². The monoisotopic (exact) mass is 603 g/mol. The van der Waals surface area contributed by atoms with Gasteiger partial charge in [-0.3, -0.25) is 19.5 Å². The number of rotatable bonds is 4. The Morgan fingerprint density at radius 2 is 1.55 bits per heavy atom. The fourth-order valence-electron chi connectivity index (χ4n) is 5.58. The van der Waals surface area contributed by atoms with E-state index in [4.69, 9.17) is 28.7 Å². The second-order valence-corrected chi connectivity index (χ2v) is 11.3. The number of aliphatic imine (C=N–C) groups is 1. The summed E-state index contributed by atoms with van der Waals surface area (Å²) in [4.78, 5) is 34.8. The normalized spacial score (nSPS) is 21.9. The number of anilines is 1. The number of allylic oxidation sites excluding steroid dienone is 2. The van der Waals surface area contributed by atoms with Crippen molar-refractivity contribution >= 4 is 29.2 Å². The molecule has 0 N–H and O–H groups in total. The molecule has 2 aromatic carbocycles. The van der Waals surface area contributed by atoms with E-state index in [1.54, 1.807) is 24.4 Å². The maximum atomic E-state index is 13.0. The Morgan fingerprint density at radius 1 is 0.909 bits per heavy atom. The lowest BCUT2D eigenvalue weighted by Crippen LogP contribution is -2.37. The van der Waals surface area contributed by atoms with Crippen molar-refractivity contribution < 1.29 is 33.3 Å². The number of carbonyl (C=O) groups excluding carboxylic acids is 2.